The van der Waals surface area contributed by atoms with E-state index in [-0.39, 0.29) is 11.2 Å². The number of imidazole rings is 1. The van der Waals surface area contributed by atoms with Crippen LogP contribution in [-0.4, -0.2) is 64.3 Å². The summed E-state index contributed by atoms with van der Waals surface area (Å²) >= 11 is 0. The van der Waals surface area contributed by atoms with E-state index >= 15 is 0 Å². The molecule has 25 heavy (non-hydrogen) atoms. The lowest BCUT2D eigenvalue weighted by Crippen LogP contribution is -2.45. The van der Waals surface area contributed by atoms with Gasteiger partial charge in [-0.3, -0.25) is 23.3 Å². The number of aryl methyl sites for hydroxylation is 1. The van der Waals surface area contributed by atoms with Crippen LogP contribution in [0.25, 0.3) is 11.2 Å². The minimum Gasteiger partial charge on any atom is -0.387 e. The summed E-state index contributed by atoms with van der Waals surface area (Å²) in [6.45, 7) is 0. The molecule has 5 atom stereocenters. The summed E-state index contributed by atoms with van der Waals surface area (Å²) in [7, 11) is 2.70. The maximum absolute atomic E-state index is 12.4. The molecule has 136 valence electrons. The van der Waals surface area contributed by atoms with Crippen LogP contribution in [0.3, 0.4) is 0 Å². The minimum atomic E-state index is -1.85. The number of carbonyl (C=O) groups is 1. The van der Waals surface area contributed by atoms with Gasteiger partial charge in [-0.15, -0.1) is 0 Å². The summed E-state index contributed by atoms with van der Waals surface area (Å²) < 4.78 is 8.50. The fourth-order valence-electron chi connectivity index (χ4n) is 2.90. The second kappa shape index (κ2) is 5.77. The lowest BCUT2D eigenvalue weighted by atomic mass is 10.1. The molecule has 0 aromatic carbocycles. The van der Waals surface area contributed by atoms with Crippen LogP contribution < -0.4 is 17.0 Å². The van der Waals surface area contributed by atoms with Gasteiger partial charge in [0.05, 0.1) is 6.33 Å². The Morgan fingerprint density at radius 3 is 2.52 bits per heavy atom. The monoisotopic (exact) mass is 355 g/mol. The van der Waals surface area contributed by atoms with Crippen molar-refractivity contribution in [2.75, 3.05) is 0 Å². The van der Waals surface area contributed by atoms with Gasteiger partial charge in [0.2, 0.25) is 5.91 Å². The highest BCUT2D eigenvalue weighted by Gasteiger charge is 2.48. The van der Waals surface area contributed by atoms with E-state index in [1.807, 2.05) is 0 Å². The van der Waals surface area contributed by atoms with Gasteiger partial charge in [0, 0.05) is 14.1 Å². The lowest BCUT2D eigenvalue weighted by molar-refractivity contribution is -0.140. The Morgan fingerprint density at radius 2 is 1.92 bits per heavy atom. The van der Waals surface area contributed by atoms with E-state index in [4.69, 9.17) is 10.5 Å². The molecular formula is C13H17N5O7. The van der Waals surface area contributed by atoms with Crippen molar-refractivity contribution in [1.82, 2.24) is 18.7 Å². The average Bonchev–Trinajstić information content (AvgIpc) is 3.13. The molecule has 12 nitrogen and oxygen atoms in total. The zero-order chi connectivity index (χ0) is 18.6. The zero-order valence-corrected chi connectivity index (χ0v) is 13.3. The standard InChI is InChI=1S/C13H17N5O7/c1-16-10-4(11(23)17(2)13(16)24)18(3-15-10)12-6(20)5(19)8(25-12)7(21)9(14)22/h3,5-8,12,19-21H,1-2H3,(H2,14,22)/t5-,6-,7-,8-,12+/m0/s1. The van der Waals surface area contributed by atoms with Crippen molar-refractivity contribution < 1.29 is 24.9 Å². The van der Waals surface area contributed by atoms with Crippen molar-refractivity contribution in [2.45, 2.75) is 30.6 Å². The maximum atomic E-state index is 12.4. The van der Waals surface area contributed by atoms with Gasteiger partial charge >= 0.3 is 5.69 Å². The molecule has 3 rings (SSSR count). The minimum absolute atomic E-state index is 0.0462. The number of ether oxygens (including phenoxy) is 1. The fraction of sp³-hybridized carbons (Fsp3) is 0.538. The molecule has 1 aliphatic heterocycles. The van der Waals surface area contributed by atoms with Crippen molar-refractivity contribution in [1.29, 1.82) is 0 Å². The largest absolute Gasteiger partial charge is 0.387 e. The highest BCUT2D eigenvalue weighted by molar-refractivity contribution is 5.79. The number of hydrogen-bond donors (Lipinski definition) is 4. The van der Waals surface area contributed by atoms with Crippen LogP contribution in [0.5, 0.6) is 0 Å². The first-order valence-electron chi connectivity index (χ1n) is 7.28. The number of hydrogen-bond acceptors (Lipinski definition) is 8. The number of aliphatic hydroxyl groups excluding tert-OH is 3. The Hall–Kier alpha value is -2.54. The number of fused-ring (bicyclic) bond motifs is 1. The summed E-state index contributed by atoms with van der Waals surface area (Å²) in [4.78, 5) is 39.4. The number of carbonyl (C=O) groups excluding carboxylic acids is 1. The molecule has 1 amide bonds. The third-order valence-corrected chi connectivity index (χ3v) is 4.33. The highest BCUT2D eigenvalue weighted by atomic mass is 16.6. The molecule has 0 radical (unpaired) electrons. The van der Waals surface area contributed by atoms with Crippen molar-refractivity contribution in [3.8, 4) is 0 Å². The van der Waals surface area contributed by atoms with Crippen molar-refractivity contribution in [3.05, 3.63) is 27.2 Å². The van der Waals surface area contributed by atoms with Gasteiger partial charge in [-0.05, 0) is 0 Å². The molecule has 0 bridgehead atoms. The number of nitrogens with zero attached hydrogens (tertiary/aromatic N) is 4. The molecule has 1 aliphatic rings. The van der Waals surface area contributed by atoms with E-state index in [1.54, 1.807) is 0 Å². The number of aromatic nitrogens is 4. The zero-order valence-electron chi connectivity index (χ0n) is 13.3. The molecular weight excluding hydrogens is 338 g/mol. The molecule has 0 unspecified atom stereocenters. The molecule has 2 aromatic rings. The Balaban J connectivity index is 2.13. The smallest absolute Gasteiger partial charge is 0.332 e. The third kappa shape index (κ3) is 2.38. The van der Waals surface area contributed by atoms with Crippen molar-refractivity contribution >= 4 is 17.1 Å². The van der Waals surface area contributed by atoms with Gasteiger partial charge in [0.1, 0.15) is 18.3 Å². The van der Waals surface area contributed by atoms with E-state index in [2.05, 4.69) is 4.98 Å². The van der Waals surface area contributed by atoms with Gasteiger partial charge in [-0.2, -0.15) is 0 Å². The summed E-state index contributed by atoms with van der Waals surface area (Å²) in [5.41, 5.74) is 3.73. The van der Waals surface area contributed by atoms with Gasteiger partial charge in [-0.1, -0.05) is 0 Å². The van der Waals surface area contributed by atoms with Crippen LogP contribution >= 0.6 is 0 Å². The van der Waals surface area contributed by atoms with Crippen LogP contribution in [0.15, 0.2) is 15.9 Å². The first kappa shape index (κ1) is 17.3. The Kier molecular flexibility index (Phi) is 3.99. The van der Waals surface area contributed by atoms with Crippen molar-refractivity contribution in [2.24, 2.45) is 19.8 Å². The SMILES string of the molecule is Cn1c(=O)c2c(ncn2[C@@H]2O[C@H]([C@H](O)C(N)=O)[C@@H](O)[C@@H]2O)n(C)c1=O. The topological polar surface area (TPSA) is 175 Å². The highest BCUT2D eigenvalue weighted by Crippen LogP contribution is 2.32. The van der Waals surface area contributed by atoms with Crippen LogP contribution in [0.2, 0.25) is 0 Å². The van der Waals surface area contributed by atoms with E-state index in [1.165, 1.54) is 14.1 Å². The van der Waals surface area contributed by atoms with Crippen LogP contribution in [-0.2, 0) is 23.6 Å². The molecule has 1 fully saturated rings. The normalized spacial score (nSPS) is 27.7. The van der Waals surface area contributed by atoms with Gasteiger partial charge in [0.15, 0.2) is 23.5 Å². The van der Waals surface area contributed by atoms with Crippen LogP contribution in [0.4, 0.5) is 0 Å². The number of aliphatic hydroxyl groups is 3. The van der Waals surface area contributed by atoms with Gasteiger partial charge < -0.3 is 25.8 Å². The van der Waals surface area contributed by atoms with E-state index in [0.717, 1.165) is 20.0 Å². The lowest BCUT2D eigenvalue weighted by Gasteiger charge is -2.18. The van der Waals surface area contributed by atoms with Gasteiger partial charge in [-0.25, -0.2) is 9.78 Å². The second-order valence-corrected chi connectivity index (χ2v) is 5.85. The van der Waals surface area contributed by atoms with Crippen LogP contribution in [0, 0.1) is 0 Å². The summed E-state index contributed by atoms with van der Waals surface area (Å²) in [6.07, 6.45) is -6.68. The molecule has 3 heterocycles. The summed E-state index contributed by atoms with van der Waals surface area (Å²) in [5.74, 6) is -1.13. The van der Waals surface area contributed by atoms with E-state index in [9.17, 15) is 29.7 Å². The van der Waals surface area contributed by atoms with Crippen molar-refractivity contribution in [3.63, 3.8) is 0 Å². The Labute approximate surface area is 139 Å². The first-order valence-corrected chi connectivity index (χ1v) is 7.28. The summed E-state index contributed by atoms with van der Waals surface area (Å²) in [5, 5.41) is 30.0. The first-order chi connectivity index (χ1) is 11.7. The second-order valence-electron chi connectivity index (χ2n) is 5.85. The fourth-order valence-corrected chi connectivity index (χ4v) is 2.90. The third-order valence-electron chi connectivity index (χ3n) is 4.33. The molecule has 1 saturated heterocycles. The number of primary amides is 1. The number of amides is 1. The molecule has 0 aliphatic carbocycles. The van der Waals surface area contributed by atoms with E-state index < -0.39 is 47.8 Å². The Bertz CT molecular complexity index is 960. The molecule has 12 heteroatoms. The predicted molar refractivity (Wildman–Crippen MR) is 81.3 cm³/mol. The summed E-state index contributed by atoms with van der Waals surface area (Å²) in [6, 6.07) is 0. The number of rotatable bonds is 3. The average molecular weight is 355 g/mol. The quantitative estimate of drug-likeness (QED) is 0.429. The molecule has 0 saturated carbocycles. The molecule has 2 aromatic heterocycles. The Morgan fingerprint density at radius 1 is 1.28 bits per heavy atom. The molecule has 5 N–H and O–H groups in total. The molecule has 0 spiro atoms. The van der Waals surface area contributed by atoms with Gasteiger partial charge in [0.25, 0.3) is 5.56 Å². The van der Waals surface area contributed by atoms with E-state index in [0.29, 0.717) is 0 Å². The van der Waals surface area contributed by atoms with Crippen LogP contribution in [0.1, 0.15) is 6.23 Å². The predicted octanol–water partition coefficient (Wildman–Crippen LogP) is -4.10. The maximum Gasteiger partial charge on any atom is 0.332 e. The number of nitrogens with two attached hydrogens (primary N) is 1.